The van der Waals surface area contributed by atoms with Crippen molar-refractivity contribution >= 4 is 11.0 Å². The van der Waals surface area contributed by atoms with Gasteiger partial charge in [-0.2, -0.15) is 0 Å². The molecular weight excluding hydrogens is 340 g/mol. The van der Waals surface area contributed by atoms with Gasteiger partial charge in [0.1, 0.15) is 34.0 Å². The van der Waals surface area contributed by atoms with Crippen LogP contribution in [0, 0.1) is 0 Å². The molecule has 0 spiro atoms. The zero-order valence-corrected chi connectivity index (χ0v) is 14.8. The molecule has 1 N–H and O–H groups in total. The lowest BCUT2D eigenvalue weighted by Gasteiger charge is -2.13. The Bertz CT molecular complexity index is 1020. The van der Waals surface area contributed by atoms with Gasteiger partial charge in [0.2, 0.25) is 11.2 Å². The molecule has 0 unspecified atom stereocenters. The van der Waals surface area contributed by atoms with Gasteiger partial charge in [-0.15, -0.1) is 0 Å². The Labute approximate surface area is 149 Å². The average Bonchev–Trinajstić information content (AvgIpc) is 2.69. The maximum atomic E-state index is 12.7. The molecule has 3 aromatic rings. The van der Waals surface area contributed by atoms with Crippen LogP contribution in [0.3, 0.4) is 0 Å². The van der Waals surface area contributed by atoms with E-state index in [-0.39, 0.29) is 22.5 Å². The first-order valence-electron chi connectivity index (χ1n) is 7.68. The SMILES string of the molecule is COc1ccc(-c2oc3cc(OC)cc(OC)c3c(=O)c2O)c(OC)c1. The summed E-state index contributed by atoms with van der Waals surface area (Å²) in [7, 11) is 5.92. The van der Waals surface area contributed by atoms with Gasteiger partial charge in [0.15, 0.2) is 5.76 Å². The van der Waals surface area contributed by atoms with E-state index in [0.717, 1.165) is 0 Å². The average molecular weight is 358 g/mol. The predicted octanol–water partition coefficient (Wildman–Crippen LogP) is 3.20. The molecule has 0 aliphatic heterocycles. The zero-order chi connectivity index (χ0) is 18.8. The molecule has 0 bridgehead atoms. The first-order valence-corrected chi connectivity index (χ1v) is 7.68. The van der Waals surface area contributed by atoms with Crippen molar-refractivity contribution in [1.29, 1.82) is 0 Å². The van der Waals surface area contributed by atoms with E-state index in [1.807, 2.05) is 0 Å². The predicted molar refractivity (Wildman–Crippen MR) is 95.8 cm³/mol. The van der Waals surface area contributed by atoms with Crippen LogP contribution in [-0.2, 0) is 0 Å². The molecule has 0 amide bonds. The highest BCUT2D eigenvalue weighted by atomic mass is 16.5. The maximum absolute atomic E-state index is 12.7. The Morgan fingerprint density at radius 1 is 0.846 bits per heavy atom. The third-order valence-electron chi connectivity index (χ3n) is 4.02. The van der Waals surface area contributed by atoms with Crippen LogP contribution in [0.25, 0.3) is 22.3 Å². The van der Waals surface area contributed by atoms with Crippen LogP contribution in [0.15, 0.2) is 39.5 Å². The van der Waals surface area contributed by atoms with Crippen LogP contribution >= 0.6 is 0 Å². The summed E-state index contributed by atoms with van der Waals surface area (Å²) in [6.07, 6.45) is 0. The molecule has 0 aliphatic carbocycles. The molecule has 136 valence electrons. The van der Waals surface area contributed by atoms with Crippen molar-refractivity contribution in [2.24, 2.45) is 0 Å². The molecule has 0 fully saturated rings. The fourth-order valence-corrected chi connectivity index (χ4v) is 2.70. The second kappa shape index (κ2) is 6.87. The van der Waals surface area contributed by atoms with Crippen molar-refractivity contribution in [2.75, 3.05) is 28.4 Å². The molecule has 26 heavy (non-hydrogen) atoms. The Morgan fingerprint density at radius 2 is 1.50 bits per heavy atom. The van der Waals surface area contributed by atoms with Gasteiger partial charge in [-0.05, 0) is 12.1 Å². The number of fused-ring (bicyclic) bond motifs is 1. The van der Waals surface area contributed by atoms with E-state index in [1.54, 1.807) is 30.3 Å². The van der Waals surface area contributed by atoms with Gasteiger partial charge in [0, 0.05) is 18.2 Å². The number of rotatable bonds is 5. The molecule has 0 saturated heterocycles. The fraction of sp³-hybridized carbons (Fsp3) is 0.211. The van der Waals surface area contributed by atoms with Crippen LogP contribution in [0.2, 0.25) is 0 Å². The van der Waals surface area contributed by atoms with Gasteiger partial charge in [-0.25, -0.2) is 0 Å². The monoisotopic (exact) mass is 358 g/mol. The Hall–Kier alpha value is -3.35. The van der Waals surface area contributed by atoms with E-state index >= 15 is 0 Å². The Balaban J connectivity index is 2.35. The normalized spacial score (nSPS) is 10.6. The summed E-state index contributed by atoms with van der Waals surface area (Å²) in [5.74, 6) is 1.10. The lowest BCUT2D eigenvalue weighted by molar-refractivity contribution is 0.391. The zero-order valence-electron chi connectivity index (χ0n) is 14.8. The summed E-state index contributed by atoms with van der Waals surface area (Å²) in [6.45, 7) is 0. The Morgan fingerprint density at radius 3 is 2.12 bits per heavy atom. The highest BCUT2D eigenvalue weighted by Crippen LogP contribution is 2.40. The van der Waals surface area contributed by atoms with Gasteiger partial charge in [0.25, 0.3) is 0 Å². The van der Waals surface area contributed by atoms with Crippen LogP contribution in [0.4, 0.5) is 0 Å². The molecule has 2 aromatic carbocycles. The molecule has 1 heterocycles. The summed E-state index contributed by atoms with van der Waals surface area (Å²) >= 11 is 0. The molecular formula is C19H18O7. The second-order valence-corrected chi connectivity index (χ2v) is 5.38. The minimum atomic E-state index is -0.612. The van der Waals surface area contributed by atoms with Gasteiger partial charge in [-0.3, -0.25) is 4.79 Å². The van der Waals surface area contributed by atoms with Crippen molar-refractivity contribution in [1.82, 2.24) is 0 Å². The summed E-state index contributed by atoms with van der Waals surface area (Å²) in [5, 5.41) is 10.6. The number of ether oxygens (including phenoxy) is 4. The highest BCUT2D eigenvalue weighted by Gasteiger charge is 2.22. The van der Waals surface area contributed by atoms with E-state index in [2.05, 4.69) is 0 Å². The lowest BCUT2D eigenvalue weighted by atomic mass is 10.1. The fourth-order valence-electron chi connectivity index (χ4n) is 2.70. The highest BCUT2D eigenvalue weighted by molar-refractivity contribution is 5.89. The van der Waals surface area contributed by atoms with E-state index in [9.17, 15) is 9.90 Å². The van der Waals surface area contributed by atoms with E-state index in [4.69, 9.17) is 23.4 Å². The number of methoxy groups -OCH3 is 4. The molecule has 0 radical (unpaired) electrons. The third kappa shape index (κ3) is 2.77. The quantitative estimate of drug-likeness (QED) is 0.749. The van der Waals surface area contributed by atoms with Gasteiger partial charge in [0.05, 0.1) is 34.0 Å². The van der Waals surface area contributed by atoms with Crippen LogP contribution in [0.1, 0.15) is 0 Å². The Kier molecular flexibility index (Phi) is 4.62. The standard InChI is InChI=1S/C19H18O7/c1-22-10-5-6-12(13(7-10)24-3)19-18(21)17(20)16-14(25-4)8-11(23-2)9-15(16)26-19/h5-9,21H,1-4H3. The molecule has 7 nitrogen and oxygen atoms in total. The van der Waals surface area contributed by atoms with Crippen molar-refractivity contribution < 1.29 is 28.5 Å². The molecule has 1 aromatic heterocycles. The molecule has 0 atom stereocenters. The number of aromatic hydroxyl groups is 1. The van der Waals surface area contributed by atoms with Gasteiger partial charge < -0.3 is 28.5 Å². The molecule has 0 saturated carbocycles. The van der Waals surface area contributed by atoms with E-state index in [0.29, 0.717) is 22.8 Å². The van der Waals surface area contributed by atoms with E-state index < -0.39 is 11.2 Å². The molecule has 0 aliphatic rings. The largest absolute Gasteiger partial charge is 0.502 e. The number of benzene rings is 2. The van der Waals surface area contributed by atoms with Crippen molar-refractivity contribution in [2.45, 2.75) is 0 Å². The minimum absolute atomic E-state index is 0.0164. The maximum Gasteiger partial charge on any atom is 0.238 e. The summed E-state index contributed by atoms with van der Waals surface area (Å²) in [5.41, 5.74) is 0.0158. The summed E-state index contributed by atoms with van der Waals surface area (Å²) < 4.78 is 26.8. The molecule has 7 heteroatoms. The van der Waals surface area contributed by atoms with Crippen molar-refractivity contribution in [3.8, 4) is 40.1 Å². The van der Waals surface area contributed by atoms with Gasteiger partial charge >= 0.3 is 0 Å². The minimum Gasteiger partial charge on any atom is -0.502 e. The van der Waals surface area contributed by atoms with Crippen LogP contribution in [0.5, 0.6) is 28.7 Å². The third-order valence-corrected chi connectivity index (χ3v) is 4.02. The van der Waals surface area contributed by atoms with E-state index in [1.165, 1.54) is 28.4 Å². The summed E-state index contributed by atoms with van der Waals surface area (Å²) in [4.78, 5) is 12.7. The van der Waals surface area contributed by atoms with Crippen molar-refractivity contribution in [3.05, 3.63) is 40.6 Å². The first kappa shape index (κ1) is 17.5. The topological polar surface area (TPSA) is 87.4 Å². The summed E-state index contributed by atoms with van der Waals surface area (Å²) in [6, 6.07) is 8.04. The van der Waals surface area contributed by atoms with Crippen LogP contribution in [-0.4, -0.2) is 33.5 Å². The molecule has 3 rings (SSSR count). The first-order chi connectivity index (χ1) is 12.5. The lowest BCUT2D eigenvalue weighted by Crippen LogP contribution is -2.05. The smallest absolute Gasteiger partial charge is 0.238 e. The van der Waals surface area contributed by atoms with Crippen molar-refractivity contribution in [3.63, 3.8) is 0 Å². The second-order valence-electron chi connectivity index (χ2n) is 5.38. The number of hydrogen-bond acceptors (Lipinski definition) is 7. The van der Waals surface area contributed by atoms with Gasteiger partial charge in [-0.1, -0.05) is 0 Å². The van der Waals surface area contributed by atoms with Crippen LogP contribution < -0.4 is 24.4 Å². The number of hydrogen-bond donors (Lipinski definition) is 1.